The third kappa shape index (κ3) is 3.16. The van der Waals surface area contributed by atoms with Crippen molar-refractivity contribution in [1.29, 1.82) is 0 Å². The predicted octanol–water partition coefficient (Wildman–Crippen LogP) is 2.45. The maximum absolute atomic E-state index is 13.2. The number of carboxylic acids is 1. The molecular weight excluding hydrogens is 289 g/mol. The predicted molar refractivity (Wildman–Crippen MR) is 65.5 cm³/mol. The number of aromatic carboxylic acids is 1. The first-order valence-electron chi connectivity index (χ1n) is 5.53. The number of hydrogen-bond acceptors (Lipinski definition) is 3. The number of pyridine rings is 1. The smallest absolute Gasteiger partial charge is 0.336 e. The summed E-state index contributed by atoms with van der Waals surface area (Å²) in [6, 6.07) is 3.04. The van der Waals surface area contributed by atoms with Gasteiger partial charge in [-0.2, -0.15) is 4.39 Å². The maximum atomic E-state index is 13.2. The average Bonchev–Trinajstić information content (AvgIpc) is 2.43. The van der Waals surface area contributed by atoms with Gasteiger partial charge in [-0.05, 0) is 24.3 Å². The minimum atomic E-state index is -1.59. The first kappa shape index (κ1) is 14.5. The number of benzene rings is 1. The van der Waals surface area contributed by atoms with Crippen LogP contribution in [0.25, 0.3) is 0 Å². The minimum Gasteiger partial charge on any atom is -0.478 e. The number of rotatable bonds is 3. The zero-order valence-electron chi connectivity index (χ0n) is 10.2. The summed E-state index contributed by atoms with van der Waals surface area (Å²) in [5.41, 5.74) is -1.19. The lowest BCUT2D eigenvalue weighted by Gasteiger charge is -2.08. The SMILES string of the molecule is O=C(O)c1cc(F)c(F)cc1C(=O)Nc1ccc(F)nc1. The van der Waals surface area contributed by atoms with Crippen LogP contribution in [0, 0.1) is 17.6 Å². The maximum Gasteiger partial charge on any atom is 0.336 e. The molecule has 0 saturated carbocycles. The van der Waals surface area contributed by atoms with E-state index in [-0.39, 0.29) is 5.69 Å². The molecule has 5 nitrogen and oxygen atoms in total. The molecule has 0 saturated heterocycles. The van der Waals surface area contributed by atoms with Gasteiger partial charge >= 0.3 is 5.97 Å². The van der Waals surface area contributed by atoms with Crippen LogP contribution in [0.1, 0.15) is 20.7 Å². The number of amides is 1. The van der Waals surface area contributed by atoms with Gasteiger partial charge in [0, 0.05) is 0 Å². The third-order valence-electron chi connectivity index (χ3n) is 2.52. The van der Waals surface area contributed by atoms with Crippen molar-refractivity contribution >= 4 is 17.6 Å². The number of carbonyl (C=O) groups is 2. The first-order chi connectivity index (χ1) is 9.88. The molecule has 108 valence electrons. The number of halogens is 3. The molecule has 0 aliphatic carbocycles. The van der Waals surface area contributed by atoms with Crippen molar-refractivity contribution < 1.29 is 27.9 Å². The second-order valence-corrected chi connectivity index (χ2v) is 3.94. The average molecular weight is 296 g/mol. The van der Waals surface area contributed by atoms with Crippen molar-refractivity contribution in [3.63, 3.8) is 0 Å². The van der Waals surface area contributed by atoms with E-state index in [1.54, 1.807) is 0 Å². The Morgan fingerprint density at radius 3 is 2.19 bits per heavy atom. The second kappa shape index (κ2) is 5.61. The Morgan fingerprint density at radius 2 is 1.67 bits per heavy atom. The van der Waals surface area contributed by atoms with Gasteiger partial charge < -0.3 is 10.4 Å². The lowest BCUT2D eigenvalue weighted by Crippen LogP contribution is -2.17. The highest BCUT2D eigenvalue weighted by molar-refractivity contribution is 6.10. The van der Waals surface area contributed by atoms with Gasteiger partial charge in [-0.25, -0.2) is 18.6 Å². The molecule has 1 amide bonds. The quantitative estimate of drug-likeness (QED) is 0.853. The van der Waals surface area contributed by atoms with Gasteiger partial charge in [0.1, 0.15) is 0 Å². The van der Waals surface area contributed by atoms with E-state index < -0.39 is 40.6 Å². The fraction of sp³-hybridized carbons (Fsp3) is 0. The molecule has 1 aromatic carbocycles. The van der Waals surface area contributed by atoms with Crippen LogP contribution < -0.4 is 5.32 Å². The van der Waals surface area contributed by atoms with Gasteiger partial charge in [0.05, 0.1) is 23.0 Å². The van der Waals surface area contributed by atoms with Crippen LogP contribution in [0.15, 0.2) is 30.5 Å². The number of anilines is 1. The Balaban J connectivity index is 2.36. The molecule has 21 heavy (non-hydrogen) atoms. The number of aromatic nitrogens is 1. The molecule has 0 spiro atoms. The highest BCUT2D eigenvalue weighted by atomic mass is 19.2. The second-order valence-electron chi connectivity index (χ2n) is 3.94. The van der Waals surface area contributed by atoms with E-state index in [2.05, 4.69) is 10.3 Å². The molecule has 0 aliphatic rings. The largest absolute Gasteiger partial charge is 0.478 e. The van der Waals surface area contributed by atoms with Crippen LogP contribution in [0.4, 0.5) is 18.9 Å². The summed E-state index contributed by atoms with van der Waals surface area (Å²) in [7, 11) is 0. The topological polar surface area (TPSA) is 79.3 Å². The van der Waals surface area contributed by atoms with Gasteiger partial charge in [0.25, 0.3) is 5.91 Å². The van der Waals surface area contributed by atoms with Gasteiger partial charge in [-0.1, -0.05) is 0 Å². The van der Waals surface area contributed by atoms with Crippen molar-refractivity contribution in [2.45, 2.75) is 0 Å². The summed E-state index contributed by atoms with van der Waals surface area (Å²) >= 11 is 0. The van der Waals surface area contributed by atoms with Crippen molar-refractivity contribution in [3.8, 4) is 0 Å². The molecule has 1 heterocycles. The molecule has 2 aromatic rings. The van der Waals surface area contributed by atoms with Crippen molar-refractivity contribution in [2.24, 2.45) is 0 Å². The van der Waals surface area contributed by atoms with E-state index >= 15 is 0 Å². The molecule has 0 radical (unpaired) electrons. The van der Waals surface area contributed by atoms with E-state index in [9.17, 15) is 22.8 Å². The molecule has 0 unspecified atom stereocenters. The van der Waals surface area contributed by atoms with Crippen LogP contribution in [-0.2, 0) is 0 Å². The summed E-state index contributed by atoms with van der Waals surface area (Å²) in [6.07, 6.45) is 0.994. The molecule has 0 fully saturated rings. The molecule has 0 bridgehead atoms. The summed E-state index contributed by atoms with van der Waals surface area (Å²) in [6.45, 7) is 0. The standard InChI is InChI=1S/C13H7F3N2O3/c14-9-3-7(8(13(20)21)4-10(9)15)12(19)18-6-1-2-11(16)17-5-6/h1-5H,(H,18,19)(H,20,21). The molecule has 1 aromatic heterocycles. The number of carboxylic acid groups (broad SMARTS) is 1. The molecule has 2 N–H and O–H groups in total. The highest BCUT2D eigenvalue weighted by Gasteiger charge is 2.20. The van der Waals surface area contributed by atoms with Gasteiger partial charge in [0.15, 0.2) is 11.6 Å². The van der Waals surface area contributed by atoms with Gasteiger partial charge in [-0.15, -0.1) is 0 Å². The van der Waals surface area contributed by atoms with E-state index in [0.29, 0.717) is 12.1 Å². The normalized spacial score (nSPS) is 10.2. The fourth-order valence-electron chi connectivity index (χ4n) is 1.56. The van der Waals surface area contributed by atoms with Crippen molar-refractivity contribution in [2.75, 3.05) is 5.32 Å². The number of carbonyl (C=O) groups excluding carboxylic acids is 1. The van der Waals surface area contributed by atoms with Crippen molar-refractivity contribution in [1.82, 2.24) is 4.98 Å². The third-order valence-corrected chi connectivity index (χ3v) is 2.52. The van der Waals surface area contributed by atoms with Crippen LogP contribution in [0.5, 0.6) is 0 Å². The lowest BCUT2D eigenvalue weighted by molar-refractivity contribution is 0.0691. The van der Waals surface area contributed by atoms with Crippen LogP contribution >= 0.6 is 0 Å². The molecule has 2 rings (SSSR count). The van der Waals surface area contributed by atoms with E-state index in [4.69, 9.17) is 5.11 Å². The Morgan fingerprint density at radius 1 is 1.05 bits per heavy atom. The van der Waals surface area contributed by atoms with Crippen LogP contribution in [0.3, 0.4) is 0 Å². The van der Waals surface area contributed by atoms with Gasteiger partial charge in [0.2, 0.25) is 5.95 Å². The van der Waals surface area contributed by atoms with Gasteiger partial charge in [-0.3, -0.25) is 4.79 Å². The molecule has 0 atom stereocenters. The van der Waals surface area contributed by atoms with E-state index in [1.165, 1.54) is 6.07 Å². The number of nitrogens with one attached hydrogen (secondary N) is 1. The Labute approximate surface area is 116 Å². The molecular formula is C13H7F3N2O3. The zero-order valence-corrected chi connectivity index (χ0v) is 10.2. The van der Waals surface area contributed by atoms with E-state index in [0.717, 1.165) is 12.3 Å². The summed E-state index contributed by atoms with van der Waals surface area (Å²) < 4.78 is 38.8. The van der Waals surface area contributed by atoms with Crippen LogP contribution in [-0.4, -0.2) is 22.0 Å². The first-order valence-corrected chi connectivity index (χ1v) is 5.53. The lowest BCUT2D eigenvalue weighted by atomic mass is 10.1. The summed E-state index contributed by atoms with van der Waals surface area (Å²) in [5.74, 6) is -6.09. The summed E-state index contributed by atoms with van der Waals surface area (Å²) in [4.78, 5) is 26.1. The molecule has 8 heteroatoms. The Kier molecular flexibility index (Phi) is 3.88. The Bertz CT molecular complexity index is 717. The minimum absolute atomic E-state index is 0.0717. The number of hydrogen-bond donors (Lipinski definition) is 2. The summed E-state index contributed by atoms with van der Waals surface area (Å²) in [5, 5.41) is 11.1. The molecule has 0 aliphatic heterocycles. The zero-order chi connectivity index (χ0) is 15.6. The van der Waals surface area contributed by atoms with Crippen LogP contribution in [0.2, 0.25) is 0 Å². The van der Waals surface area contributed by atoms with E-state index in [1.807, 2.05) is 0 Å². The highest BCUT2D eigenvalue weighted by Crippen LogP contribution is 2.17. The van der Waals surface area contributed by atoms with Crippen molar-refractivity contribution in [3.05, 3.63) is 59.2 Å². The Hall–Kier alpha value is -2.90. The fourth-order valence-corrected chi connectivity index (χ4v) is 1.56. The number of nitrogens with zero attached hydrogens (tertiary/aromatic N) is 1. The monoisotopic (exact) mass is 296 g/mol.